The van der Waals surface area contributed by atoms with Crippen LogP contribution < -0.4 is 26.4 Å². The summed E-state index contributed by atoms with van der Waals surface area (Å²) >= 11 is 0. The van der Waals surface area contributed by atoms with E-state index in [9.17, 15) is 20.4 Å². The fourth-order valence-electron chi connectivity index (χ4n) is 3.88. The van der Waals surface area contributed by atoms with Crippen molar-refractivity contribution in [2.24, 2.45) is 0 Å². The minimum Gasteiger partial charge on any atom is -0.872 e. The first-order chi connectivity index (χ1) is 19.5. The molecule has 8 nitrogen and oxygen atoms in total. The molecule has 0 amide bonds. The third kappa shape index (κ3) is 12.8. The summed E-state index contributed by atoms with van der Waals surface area (Å²) in [6.07, 6.45) is 0. The molecule has 0 aromatic heterocycles. The number of phenolic OH excluding ortho intramolecular Hbond substituents is 3. The van der Waals surface area contributed by atoms with Crippen molar-refractivity contribution in [2.45, 2.75) is 26.2 Å². The Kier molecular flexibility index (Phi) is 16.3. The SMILES string of the molecule is Oc1ccccc1CNCCNCc1ccccc1O.[Ag+].[O-]c1ccccc1CNCCNCc1ccccc1O. The maximum atomic E-state index is 11.5. The number of para-hydroxylation sites is 4. The molecule has 7 N–H and O–H groups in total. The van der Waals surface area contributed by atoms with E-state index in [4.69, 9.17) is 0 Å². The molecule has 0 atom stereocenters. The quantitative estimate of drug-likeness (QED) is 0.0817. The van der Waals surface area contributed by atoms with Crippen LogP contribution in [0.4, 0.5) is 0 Å². The second-order valence-corrected chi connectivity index (χ2v) is 9.20. The Morgan fingerprint density at radius 1 is 0.415 bits per heavy atom. The number of benzene rings is 4. The van der Waals surface area contributed by atoms with Gasteiger partial charge in [0.05, 0.1) is 0 Å². The number of hydrogen-bond donors (Lipinski definition) is 7. The third-order valence-corrected chi connectivity index (χ3v) is 6.17. The zero-order valence-corrected chi connectivity index (χ0v) is 24.4. The molecule has 41 heavy (non-hydrogen) atoms. The van der Waals surface area contributed by atoms with Gasteiger partial charge in [0, 0.05) is 69.0 Å². The maximum Gasteiger partial charge on any atom is 1.00 e. The summed E-state index contributed by atoms with van der Waals surface area (Å²) in [7, 11) is 0. The molecule has 4 aromatic carbocycles. The van der Waals surface area contributed by atoms with Crippen LogP contribution in [-0.2, 0) is 48.6 Å². The van der Waals surface area contributed by atoms with Gasteiger partial charge in [-0.25, -0.2) is 0 Å². The molecule has 0 aliphatic heterocycles. The van der Waals surface area contributed by atoms with Crippen LogP contribution in [0, 0.1) is 0 Å². The zero-order valence-electron chi connectivity index (χ0n) is 22.9. The van der Waals surface area contributed by atoms with Crippen LogP contribution in [0.1, 0.15) is 22.3 Å². The summed E-state index contributed by atoms with van der Waals surface area (Å²) in [4.78, 5) is 0. The summed E-state index contributed by atoms with van der Waals surface area (Å²) in [5.74, 6) is 1.03. The van der Waals surface area contributed by atoms with E-state index in [0.29, 0.717) is 43.4 Å². The number of phenols is 3. The predicted molar refractivity (Wildman–Crippen MR) is 157 cm³/mol. The van der Waals surface area contributed by atoms with E-state index >= 15 is 0 Å². The van der Waals surface area contributed by atoms with Gasteiger partial charge in [0.2, 0.25) is 0 Å². The van der Waals surface area contributed by atoms with Crippen LogP contribution in [0.15, 0.2) is 97.1 Å². The van der Waals surface area contributed by atoms with Crippen molar-refractivity contribution >= 4 is 0 Å². The van der Waals surface area contributed by atoms with Gasteiger partial charge >= 0.3 is 22.4 Å². The molecule has 0 spiro atoms. The predicted octanol–water partition coefficient (Wildman–Crippen LogP) is 3.32. The standard InChI is InChI=1S/2C16H20N2O2.Ag/c2*19-15-7-3-1-5-13(15)11-17-9-10-18-12-14-6-2-4-8-16(14)20;/h2*1-8,17-20H,9-12H2;/q;;+1/p-1. The van der Waals surface area contributed by atoms with E-state index in [1.807, 2.05) is 60.7 Å². The second-order valence-electron chi connectivity index (χ2n) is 9.20. The van der Waals surface area contributed by atoms with Crippen LogP contribution in [0.3, 0.4) is 0 Å². The van der Waals surface area contributed by atoms with Gasteiger partial charge in [0.1, 0.15) is 17.2 Å². The molecule has 0 bridgehead atoms. The molecule has 0 unspecified atom stereocenters. The molecular weight excluding hydrogens is 612 g/mol. The number of nitrogens with one attached hydrogen (secondary N) is 4. The first-order valence-corrected chi connectivity index (χ1v) is 13.4. The Morgan fingerprint density at radius 2 is 0.683 bits per heavy atom. The Balaban J connectivity index is 0.000000280. The van der Waals surface area contributed by atoms with Gasteiger partial charge in [-0.15, -0.1) is 5.75 Å². The molecule has 0 fully saturated rings. The van der Waals surface area contributed by atoms with Gasteiger partial charge in [-0.3, -0.25) is 0 Å². The van der Waals surface area contributed by atoms with E-state index in [1.54, 1.807) is 36.4 Å². The maximum absolute atomic E-state index is 11.5. The van der Waals surface area contributed by atoms with Crippen LogP contribution in [0.25, 0.3) is 0 Å². The van der Waals surface area contributed by atoms with E-state index in [0.717, 1.165) is 48.4 Å². The van der Waals surface area contributed by atoms with E-state index < -0.39 is 0 Å². The normalized spacial score (nSPS) is 10.3. The Bertz CT molecular complexity index is 1090. The molecule has 0 saturated heterocycles. The molecule has 4 rings (SSSR count). The van der Waals surface area contributed by atoms with Crippen LogP contribution in [0.5, 0.6) is 23.0 Å². The average Bonchev–Trinajstić information content (AvgIpc) is 2.96. The first kappa shape index (κ1) is 33.9. The van der Waals surface area contributed by atoms with Crippen LogP contribution in [0.2, 0.25) is 0 Å². The Labute approximate surface area is 258 Å². The molecule has 0 saturated carbocycles. The number of aromatic hydroxyl groups is 3. The van der Waals surface area contributed by atoms with E-state index in [1.165, 1.54) is 0 Å². The zero-order chi connectivity index (χ0) is 28.4. The minimum absolute atomic E-state index is 0. The van der Waals surface area contributed by atoms with Gasteiger partial charge < -0.3 is 41.7 Å². The molecule has 222 valence electrons. The van der Waals surface area contributed by atoms with Crippen molar-refractivity contribution in [3.63, 3.8) is 0 Å². The van der Waals surface area contributed by atoms with Crippen molar-refractivity contribution in [3.8, 4) is 23.0 Å². The summed E-state index contributed by atoms with van der Waals surface area (Å²) in [5.41, 5.74) is 3.46. The molecule has 0 radical (unpaired) electrons. The number of hydrogen-bond acceptors (Lipinski definition) is 8. The van der Waals surface area contributed by atoms with Gasteiger partial charge in [-0.1, -0.05) is 78.9 Å². The monoisotopic (exact) mass is 650 g/mol. The van der Waals surface area contributed by atoms with Crippen LogP contribution in [-0.4, -0.2) is 41.5 Å². The molecular formula is C32H39AgN4O4. The fourth-order valence-corrected chi connectivity index (χ4v) is 3.88. The van der Waals surface area contributed by atoms with Crippen molar-refractivity contribution in [2.75, 3.05) is 26.2 Å². The van der Waals surface area contributed by atoms with E-state index in [-0.39, 0.29) is 28.1 Å². The molecule has 0 aliphatic carbocycles. The topological polar surface area (TPSA) is 132 Å². The van der Waals surface area contributed by atoms with Gasteiger partial charge in [-0.2, -0.15) is 0 Å². The average molecular weight is 652 g/mol. The van der Waals surface area contributed by atoms with Crippen molar-refractivity contribution < 1.29 is 42.8 Å². The van der Waals surface area contributed by atoms with Crippen molar-refractivity contribution in [1.82, 2.24) is 21.3 Å². The Hall–Kier alpha value is -3.34. The number of rotatable bonds is 14. The summed E-state index contributed by atoms with van der Waals surface area (Å²) in [6.45, 7) is 5.63. The van der Waals surface area contributed by atoms with Gasteiger partial charge in [0.25, 0.3) is 0 Å². The van der Waals surface area contributed by atoms with Crippen molar-refractivity contribution in [1.29, 1.82) is 0 Å². The van der Waals surface area contributed by atoms with Gasteiger partial charge in [0.15, 0.2) is 0 Å². The largest absolute Gasteiger partial charge is 1.00 e. The second kappa shape index (κ2) is 19.7. The minimum atomic E-state index is 0. The fraction of sp³-hybridized carbons (Fsp3) is 0.250. The smallest absolute Gasteiger partial charge is 0.872 e. The summed E-state index contributed by atoms with van der Waals surface area (Å²) < 4.78 is 0. The molecule has 0 heterocycles. The van der Waals surface area contributed by atoms with Gasteiger partial charge in [-0.05, 0) is 23.8 Å². The van der Waals surface area contributed by atoms with Crippen LogP contribution >= 0.6 is 0 Å². The first-order valence-electron chi connectivity index (χ1n) is 13.4. The third-order valence-electron chi connectivity index (χ3n) is 6.17. The summed E-state index contributed by atoms with van der Waals surface area (Å²) in [6, 6.07) is 28.9. The summed E-state index contributed by atoms with van der Waals surface area (Å²) in [5, 5.41) is 53.3. The molecule has 0 aliphatic rings. The molecule has 9 heteroatoms. The van der Waals surface area contributed by atoms with E-state index in [2.05, 4.69) is 21.3 Å². The van der Waals surface area contributed by atoms with Crippen molar-refractivity contribution in [3.05, 3.63) is 119 Å². The Morgan fingerprint density at radius 3 is 1.00 bits per heavy atom. The molecule has 4 aromatic rings.